The average molecular weight is 601 g/mol. The Bertz CT molecular complexity index is 801. The summed E-state index contributed by atoms with van der Waals surface area (Å²) >= 11 is 0. The zero-order valence-electron chi connectivity index (χ0n) is 28.8. The van der Waals surface area contributed by atoms with Gasteiger partial charge in [0, 0.05) is 72.4 Å². The molecule has 0 aliphatic rings. The Balaban J connectivity index is -0.000000240. The molecular formula is C33H60O6Ti. The first kappa shape index (κ1) is 45.3. The number of rotatable bonds is 3. The van der Waals surface area contributed by atoms with Gasteiger partial charge in [-0.25, -0.2) is 0 Å². The molecule has 0 aromatic heterocycles. The predicted molar refractivity (Wildman–Crippen MR) is 164 cm³/mol. The molecule has 0 rings (SSSR count). The summed E-state index contributed by atoms with van der Waals surface area (Å²) < 4.78 is 0. The van der Waals surface area contributed by atoms with Gasteiger partial charge in [0.15, 0.2) is 17.3 Å². The van der Waals surface area contributed by atoms with Crippen molar-refractivity contribution >= 4 is 17.3 Å². The molecule has 0 unspecified atom stereocenters. The van der Waals surface area contributed by atoms with Crippen molar-refractivity contribution in [3.63, 3.8) is 0 Å². The van der Waals surface area contributed by atoms with Crippen LogP contribution in [0.3, 0.4) is 0 Å². The van der Waals surface area contributed by atoms with Crippen molar-refractivity contribution in [1.29, 1.82) is 0 Å². The topological polar surface area (TPSA) is 112 Å². The summed E-state index contributed by atoms with van der Waals surface area (Å²) in [4.78, 5) is 34.5. The maximum Gasteiger partial charge on any atom is 0.164 e. The zero-order valence-corrected chi connectivity index (χ0v) is 30.4. The van der Waals surface area contributed by atoms with Crippen LogP contribution < -0.4 is 0 Å². The fourth-order valence-electron chi connectivity index (χ4n) is 1.67. The van der Waals surface area contributed by atoms with Gasteiger partial charge >= 0.3 is 0 Å². The van der Waals surface area contributed by atoms with Crippen molar-refractivity contribution in [3.8, 4) is 0 Å². The van der Waals surface area contributed by atoms with Gasteiger partial charge in [0.25, 0.3) is 0 Å². The SMILES string of the molecule is CC(C)(C)C(=O)/C=C(/O)C(C)(C)C.CC(C)(C)C(=O)/C=C(/O)C(C)(C)C.CC(C)(C)C(=O)/C=C(/O)C(C)(C)C.[Ti]. The first-order valence-corrected chi connectivity index (χ1v) is 13.5. The molecule has 0 spiro atoms. The molecule has 0 aliphatic carbocycles. The van der Waals surface area contributed by atoms with Crippen molar-refractivity contribution in [3.05, 3.63) is 35.5 Å². The molecule has 7 heteroatoms. The normalized spacial score (nSPS) is 14.1. The minimum Gasteiger partial charge on any atom is -0.512 e. The van der Waals surface area contributed by atoms with Crippen LogP contribution in [-0.4, -0.2) is 32.7 Å². The monoisotopic (exact) mass is 600 g/mol. The molecule has 0 saturated heterocycles. The third kappa shape index (κ3) is 21.1. The second kappa shape index (κ2) is 16.1. The summed E-state index contributed by atoms with van der Waals surface area (Å²) in [5.74, 6) is 0.312. The van der Waals surface area contributed by atoms with E-state index in [-0.39, 0.29) is 72.6 Å². The van der Waals surface area contributed by atoms with Crippen molar-refractivity contribution in [2.24, 2.45) is 32.5 Å². The molecule has 3 N–H and O–H groups in total. The third-order valence-corrected chi connectivity index (χ3v) is 5.33. The predicted octanol–water partition coefficient (Wildman–Crippen LogP) is 9.27. The van der Waals surface area contributed by atoms with Gasteiger partial charge in [-0.05, 0) is 0 Å². The number of aliphatic hydroxyl groups excluding tert-OH is 3. The Labute approximate surface area is 260 Å². The second-order valence-corrected chi connectivity index (χ2v) is 16.2. The van der Waals surface area contributed by atoms with Crippen molar-refractivity contribution in [2.45, 2.75) is 125 Å². The van der Waals surface area contributed by atoms with Crippen LogP contribution in [0.2, 0.25) is 0 Å². The van der Waals surface area contributed by atoms with E-state index in [2.05, 4.69) is 0 Å². The summed E-state index contributed by atoms with van der Waals surface area (Å²) in [6.45, 7) is 33.3. The van der Waals surface area contributed by atoms with Crippen LogP contribution in [0, 0.1) is 32.5 Å². The number of hydrogen-bond acceptors (Lipinski definition) is 6. The van der Waals surface area contributed by atoms with Crippen LogP contribution in [-0.2, 0) is 36.1 Å². The molecule has 0 amide bonds. The summed E-state index contributed by atoms with van der Waals surface area (Å²) in [7, 11) is 0. The second-order valence-electron chi connectivity index (χ2n) is 16.2. The van der Waals surface area contributed by atoms with Crippen LogP contribution in [0.15, 0.2) is 35.5 Å². The van der Waals surface area contributed by atoms with E-state index in [0.717, 1.165) is 0 Å². The van der Waals surface area contributed by atoms with E-state index in [1.807, 2.05) is 125 Å². The number of carbonyl (C=O) groups is 3. The van der Waals surface area contributed by atoms with Gasteiger partial charge in [-0.1, -0.05) is 125 Å². The molecule has 0 aromatic carbocycles. The van der Waals surface area contributed by atoms with E-state index in [0.29, 0.717) is 0 Å². The van der Waals surface area contributed by atoms with E-state index >= 15 is 0 Å². The maximum atomic E-state index is 11.5. The fourth-order valence-corrected chi connectivity index (χ4v) is 1.67. The maximum absolute atomic E-state index is 11.5. The first-order chi connectivity index (χ1) is 16.6. The van der Waals surface area contributed by atoms with E-state index < -0.39 is 16.2 Å². The first-order valence-electron chi connectivity index (χ1n) is 13.5. The van der Waals surface area contributed by atoms with Gasteiger partial charge in [0.05, 0.1) is 0 Å². The summed E-state index contributed by atoms with van der Waals surface area (Å²) in [5, 5.41) is 28.7. The molecule has 0 aromatic rings. The standard InChI is InChI=1S/3C11H20O2.Ti/c3*1-10(2,3)8(12)7-9(13)11(4,5)6;/h3*7,12H,1-6H3;/b3*8-7+;. The molecule has 0 fully saturated rings. The average Bonchev–Trinajstić information content (AvgIpc) is 2.64. The molecule has 0 radical (unpaired) electrons. The summed E-state index contributed by atoms with van der Waals surface area (Å²) in [6, 6.07) is 0. The van der Waals surface area contributed by atoms with E-state index in [1.54, 1.807) is 0 Å². The van der Waals surface area contributed by atoms with Crippen molar-refractivity contribution < 1.29 is 51.4 Å². The van der Waals surface area contributed by atoms with E-state index in [9.17, 15) is 29.7 Å². The van der Waals surface area contributed by atoms with Crippen LogP contribution in [0.4, 0.5) is 0 Å². The van der Waals surface area contributed by atoms with E-state index in [4.69, 9.17) is 0 Å². The molecule has 0 bridgehead atoms. The largest absolute Gasteiger partial charge is 0.512 e. The Morgan fingerprint density at radius 3 is 0.550 bits per heavy atom. The van der Waals surface area contributed by atoms with Crippen LogP contribution in [0.5, 0.6) is 0 Å². The van der Waals surface area contributed by atoms with Crippen LogP contribution in [0.25, 0.3) is 0 Å². The van der Waals surface area contributed by atoms with Gasteiger partial charge < -0.3 is 15.3 Å². The molecular weight excluding hydrogens is 540 g/mol. The van der Waals surface area contributed by atoms with Gasteiger partial charge in [-0.2, -0.15) is 0 Å². The van der Waals surface area contributed by atoms with E-state index in [1.165, 1.54) is 18.2 Å². The molecule has 232 valence electrons. The molecule has 0 saturated carbocycles. The Hall–Kier alpha value is -1.66. The quantitative estimate of drug-likeness (QED) is 0.169. The van der Waals surface area contributed by atoms with Gasteiger partial charge in [0.1, 0.15) is 17.3 Å². The molecule has 0 heterocycles. The Kier molecular flexibility index (Phi) is 18.3. The smallest absolute Gasteiger partial charge is 0.164 e. The number of allylic oxidation sites excluding steroid dienone is 6. The van der Waals surface area contributed by atoms with Gasteiger partial charge in [-0.3, -0.25) is 14.4 Å². The van der Waals surface area contributed by atoms with Gasteiger partial charge in [-0.15, -0.1) is 0 Å². The molecule has 0 aliphatic heterocycles. The van der Waals surface area contributed by atoms with Crippen LogP contribution in [0.1, 0.15) is 125 Å². The number of aliphatic hydroxyl groups is 3. The molecule has 6 nitrogen and oxygen atoms in total. The van der Waals surface area contributed by atoms with Crippen molar-refractivity contribution in [2.75, 3.05) is 0 Å². The number of carbonyl (C=O) groups excluding carboxylic acids is 3. The van der Waals surface area contributed by atoms with Gasteiger partial charge in [0.2, 0.25) is 0 Å². The third-order valence-electron chi connectivity index (χ3n) is 5.33. The molecule has 0 atom stereocenters. The minimum atomic E-state index is -0.417. The number of hydrogen-bond donors (Lipinski definition) is 3. The molecule has 40 heavy (non-hydrogen) atoms. The fraction of sp³-hybridized carbons (Fsp3) is 0.727. The van der Waals surface area contributed by atoms with Crippen molar-refractivity contribution in [1.82, 2.24) is 0 Å². The summed E-state index contributed by atoms with van der Waals surface area (Å²) in [6.07, 6.45) is 4.00. The Morgan fingerprint density at radius 1 is 0.350 bits per heavy atom. The summed E-state index contributed by atoms with van der Waals surface area (Å²) in [5.41, 5.74) is -2.29. The zero-order chi connectivity index (χ0) is 32.6. The Morgan fingerprint density at radius 2 is 0.475 bits per heavy atom. The number of ketones is 3. The minimum absolute atomic E-state index is 0. The van der Waals surface area contributed by atoms with Crippen LogP contribution >= 0.6 is 0 Å².